The number of nitrogens with one attached hydrogen (secondary N) is 1. The van der Waals surface area contributed by atoms with Gasteiger partial charge in [-0.15, -0.1) is 12.4 Å². The second kappa shape index (κ2) is 7.51. The van der Waals surface area contributed by atoms with Gasteiger partial charge < -0.3 is 20.5 Å². The highest BCUT2D eigenvalue weighted by molar-refractivity contribution is 5.88. The van der Waals surface area contributed by atoms with E-state index in [9.17, 15) is 4.79 Å². The first-order chi connectivity index (χ1) is 10.3. The van der Waals surface area contributed by atoms with Crippen LogP contribution in [0.2, 0.25) is 0 Å². The zero-order valence-corrected chi connectivity index (χ0v) is 15.0. The predicted molar refractivity (Wildman–Crippen MR) is 92.8 cm³/mol. The number of benzene rings is 1. The lowest BCUT2D eigenvalue weighted by molar-refractivity contribution is -0.170. The Morgan fingerprint density at radius 3 is 2.43 bits per heavy atom. The number of hydrogen-bond acceptors (Lipinski definition) is 4. The van der Waals surface area contributed by atoms with Gasteiger partial charge in [-0.2, -0.15) is 0 Å². The fourth-order valence-electron chi connectivity index (χ4n) is 2.90. The first kappa shape index (κ1) is 19.7. The van der Waals surface area contributed by atoms with Crippen LogP contribution in [0, 0.1) is 5.41 Å². The Bertz CT molecular complexity index is 533. The summed E-state index contributed by atoms with van der Waals surface area (Å²) in [7, 11) is 1.63. The van der Waals surface area contributed by atoms with E-state index < -0.39 is 5.54 Å². The van der Waals surface area contributed by atoms with Gasteiger partial charge >= 0.3 is 0 Å². The molecule has 0 spiro atoms. The number of amides is 1. The summed E-state index contributed by atoms with van der Waals surface area (Å²) in [5.41, 5.74) is 6.11. The molecule has 23 heavy (non-hydrogen) atoms. The van der Waals surface area contributed by atoms with Crippen LogP contribution < -0.4 is 15.8 Å². The molecule has 0 bridgehead atoms. The van der Waals surface area contributed by atoms with Gasteiger partial charge in [0.15, 0.2) is 0 Å². The van der Waals surface area contributed by atoms with Gasteiger partial charge in [0, 0.05) is 25.0 Å². The number of halogens is 1. The van der Waals surface area contributed by atoms with Crippen molar-refractivity contribution in [2.24, 2.45) is 11.1 Å². The number of carbonyl (C=O) groups is 1. The third kappa shape index (κ3) is 3.62. The van der Waals surface area contributed by atoms with Crippen LogP contribution in [0.3, 0.4) is 0 Å². The van der Waals surface area contributed by atoms with Gasteiger partial charge in [-0.25, -0.2) is 0 Å². The Morgan fingerprint density at radius 1 is 1.35 bits per heavy atom. The average Bonchev–Trinajstić information content (AvgIpc) is 2.52. The molecule has 0 aromatic heterocycles. The molecule has 6 heteroatoms. The van der Waals surface area contributed by atoms with E-state index in [1.807, 2.05) is 45.0 Å². The normalized spacial score (nSPS) is 25.0. The summed E-state index contributed by atoms with van der Waals surface area (Å²) in [6, 6.07) is 7.60. The third-order valence-electron chi connectivity index (χ3n) is 4.85. The molecule has 0 saturated heterocycles. The minimum absolute atomic E-state index is 0. The molecule has 3 N–H and O–H groups in total. The highest BCUT2D eigenvalue weighted by Crippen LogP contribution is 2.49. The first-order valence-corrected chi connectivity index (χ1v) is 7.67. The van der Waals surface area contributed by atoms with Crippen molar-refractivity contribution < 1.29 is 14.3 Å². The van der Waals surface area contributed by atoms with Crippen molar-refractivity contribution in [3.05, 3.63) is 29.8 Å². The largest absolute Gasteiger partial charge is 0.497 e. The second-order valence-corrected chi connectivity index (χ2v) is 6.37. The van der Waals surface area contributed by atoms with E-state index in [0.717, 1.165) is 11.3 Å². The van der Waals surface area contributed by atoms with E-state index in [1.54, 1.807) is 7.11 Å². The number of methoxy groups -OCH3 is 1. The van der Waals surface area contributed by atoms with Crippen LogP contribution in [0.4, 0.5) is 0 Å². The van der Waals surface area contributed by atoms with Crippen molar-refractivity contribution in [3.8, 4) is 5.75 Å². The molecule has 2 unspecified atom stereocenters. The van der Waals surface area contributed by atoms with E-state index >= 15 is 0 Å². The molecular formula is C17H27ClN2O3. The van der Waals surface area contributed by atoms with E-state index in [1.165, 1.54) is 0 Å². The van der Waals surface area contributed by atoms with Crippen LogP contribution in [-0.4, -0.2) is 31.3 Å². The topological polar surface area (TPSA) is 73.6 Å². The van der Waals surface area contributed by atoms with Crippen molar-refractivity contribution in [1.29, 1.82) is 0 Å². The molecule has 2 atom stereocenters. The molecule has 1 aliphatic carbocycles. The number of rotatable bonds is 6. The summed E-state index contributed by atoms with van der Waals surface area (Å²) >= 11 is 0. The first-order valence-electron chi connectivity index (χ1n) is 7.67. The highest BCUT2D eigenvalue weighted by Gasteiger charge is 2.62. The lowest BCUT2D eigenvalue weighted by Gasteiger charge is -2.57. The monoisotopic (exact) mass is 342 g/mol. The zero-order valence-electron chi connectivity index (χ0n) is 14.2. The molecule has 1 saturated carbocycles. The Hall–Kier alpha value is -1.30. The fraction of sp³-hybridized carbons (Fsp3) is 0.588. The molecule has 0 aliphatic heterocycles. The number of nitrogens with two attached hydrogens (primary N) is 1. The summed E-state index contributed by atoms with van der Waals surface area (Å²) in [6.45, 7) is 7.03. The Labute approximate surface area is 144 Å². The molecule has 0 radical (unpaired) electrons. The van der Waals surface area contributed by atoms with Gasteiger partial charge in [0.25, 0.3) is 0 Å². The van der Waals surface area contributed by atoms with Gasteiger partial charge in [0.2, 0.25) is 5.91 Å². The van der Waals surface area contributed by atoms with Gasteiger partial charge in [-0.3, -0.25) is 4.79 Å². The molecule has 1 aromatic rings. The van der Waals surface area contributed by atoms with E-state index in [0.29, 0.717) is 19.6 Å². The van der Waals surface area contributed by atoms with E-state index in [2.05, 4.69) is 5.32 Å². The lowest BCUT2D eigenvalue weighted by Crippen LogP contribution is -2.75. The van der Waals surface area contributed by atoms with Crippen LogP contribution in [0.5, 0.6) is 5.75 Å². The fourth-order valence-corrected chi connectivity index (χ4v) is 2.90. The number of hydrogen-bond donors (Lipinski definition) is 2. The van der Waals surface area contributed by atoms with E-state index in [-0.39, 0.29) is 29.8 Å². The van der Waals surface area contributed by atoms with Crippen molar-refractivity contribution in [3.63, 3.8) is 0 Å². The van der Waals surface area contributed by atoms with Crippen LogP contribution in [0.25, 0.3) is 0 Å². The Morgan fingerprint density at radius 2 is 1.96 bits per heavy atom. The van der Waals surface area contributed by atoms with Crippen molar-refractivity contribution in [2.75, 3.05) is 13.7 Å². The van der Waals surface area contributed by atoms with Crippen molar-refractivity contribution >= 4 is 18.3 Å². The number of ether oxygens (including phenoxy) is 2. The molecule has 1 aromatic carbocycles. The van der Waals surface area contributed by atoms with Gasteiger partial charge in [0.1, 0.15) is 11.3 Å². The molecule has 1 aliphatic rings. The van der Waals surface area contributed by atoms with Crippen LogP contribution in [-0.2, 0) is 16.1 Å². The Balaban J connectivity index is 0.00000264. The lowest BCUT2D eigenvalue weighted by atomic mass is 9.54. The van der Waals surface area contributed by atoms with Crippen molar-refractivity contribution in [1.82, 2.24) is 5.32 Å². The predicted octanol–water partition coefficient (Wildman–Crippen LogP) is 2.27. The summed E-state index contributed by atoms with van der Waals surface area (Å²) < 4.78 is 10.8. The summed E-state index contributed by atoms with van der Waals surface area (Å²) in [5.74, 6) is 0.675. The maximum atomic E-state index is 12.5. The minimum atomic E-state index is -0.876. The van der Waals surface area contributed by atoms with E-state index in [4.69, 9.17) is 15.2 Å². The highest BCUT2D eigenvalue weighted by atomic mass is 35.5. The molecule has 2 rings (SSSR count). The summed E-state index contributed by atoms with van der Waals surface area (Å²) in [5, 5.41) is 2.94. The quantitative estimate of drug-likeness (QED) is 0.831. The SMILES string of the molecule is CCOC1CC(N)(C(=O)NCc2ccc(OC)cc2)C1(C)C.Cl. The molecule has 1 amide bonds. The molecule has 130 valence electrons. The maximum absolute atomic E-state index is 12.5. The molecule has 5 nitrogen and oxygen atoms in total. The van der Waals surface area contributed by atoms with Gasteiger partial charge in [0.05, 0.1) is 13.2 Å². The third-order valence-corrected chi connectivity index (χ3v) is 4.85. The smallest absolute Gasteiger partial charge is 0.241 e. The molecule has 1 fully saturated rings. The summed E-state index contributed by atoms with van der Waals surface area (Å²) in [6.07, 6.45) is 0.594. The number of carbonyl (C=O) groups excluding carboxylic acids is 1. The zero-order chi connectivity index (χ0) is 16.4. The van der Waals surface area contributed by atoms with Gasteiger partial charge in [-0.05, 0) is 24.6 Å². The van der Waals surface area contributed by atoms with Crippen molar-refractivity contribution in [2.45, 2.75) is 45.4 Å². The van der Waals surface area contributed by atoms with Gasteiger partial charge in [-0.1, -0.05) is 26.0 Å². The Kier molecular flexibility index (Phi) is 6.45. The second-order valence-electron chi connectivity index (χ2n) is 6.37. The van der Waals surface area contributed by atoms with Crippen LogP contribution in [0.1, 0.15) is 32.8 Å². The maximum Gasteiger partial charge on any atom is 0.241 e. The average molecular weight is 343 g/mol. The van der Waals surface area contributed by atoms with Crippen LogP contribution in [0.15, 0.2) is 24.3 Å². The molecule has 0 heterocycles. The summed E-state index contributed by atoms with van der Waals surface area (Å²) in [4.78, 5) is 12.5. The molecular weight excluding hydrogens is 316 g/mol. The van der Waals surface area contributed by atoms with Crippen LogP contribution >= 0.6 is 12.4 Å². The standard InChI is InChI=1S/C17H26N2O3.ClH/c1-5-22-14-10-17(18,16(14,2)3)15(20)19-11-12-6-8-13(21-4)9-7-12;/h6-9,14H,5,10-11,18H2,1-4H3,(H,19,20);1H. The minimum Gasteiger partial charge on any atom is -0.497 e.